The van der Waals surface area contributed by atoms with Crippen LogP contribution < -0.4 is 20.7 Å². The molecule has 0 bridgehead atoms. The Morgan fingerprint density at radius 2 is 2.00 bits per heavy atom. The van der Waals surface area contributed by atoms with Gasteiger partial charge in [0.2, 0.25) is 0 Å². The first-order valence-corrected chi connectivity index (χ1v) is 8.28. The highest BCUT2D eigenvalue weighted by Gasteiger charge is 2.31. The lowest BCUT2D eigenvalue weighted by Gasteiger charge is -2.12. The number of anilines is 1. The van der Waals surface area contributed by atoms with Crippen LogP contribution >= 0.6 is 11.6 Å². The summed E-state index contributed by atoms with van der Waals surface area (Å²) in [7, 11) is 1.56. The number of hydrogen-bond donors (Lipinski definition) is 3. The standard InChI is InChI=1S/C17H18ClF3N4O2/c1-27-13-4-2-3-11(7-13)9-25-16(26)23-6-5-22-15-14(18)8-12(10-24-15)17(19,20)21/h2-4,7-8,10H,5-6,9H2,1H3,(H,22,24)(H2,23,25,26). The quantitative estimate of drug-likeness (QED) is 0.618. The van der Waals surface area contributed by atoms with E-state index in [1.165, 1.54) is 0 Å². The van der Waals surface area contributed by atoms with Gasteiger partial charge in [0, 0.05) is 25.8 Å². The topological polar surface area (TPSA) is 75.3 Å². The van der Waals surface area contributed by atoms with Crippen LogP contribution in [0, 0.1) is 0 Å². The van der Waals surface area contributed by atoms with Crippen molar-refractivity contribution in [3.8, 4) is 5.75 Å². The van der Waals surface area contributed by atoms with Gasteiger partial charge in [-0.15, -0.1) is 0 Å². The summed E-state index contributed by atoms with van der Waals surface area (Å²) in [6, 6.07) is 7.69. The van der Waals surface area contributed by atoms with Crippen molar-refractivity contribution in [1.29, 1.82) is 0 Å². The molecule has 0 aliphatic rings. The first-order valence-electron chi connectivity index (χ1n) is 7.91. The smallest absolute Gasteiger partial charge is 0.417 e. The predicted octanol–water partition coefficient (Wildman–Crippen LogP) is 3.67. The molecule has 0 unspecified atom stereocenters. The van der Waals surface area contributed by atoms with Crippen LogP contribution in [0.5, 0.6) is 5.75 Å². The molecule has 0 radical (unpaired) electrons. The number of halogens is 4. The Bertz CT molecular complexity index is 787. The maximum atomic E-state index is 12.6. The Labute approximate surface area is 159 Å². The fraction of sp³-hybridized carbons (Fsp3) is 0.294. The van der Waals surface area contributed by atoms with E-state index in [2.05, 4.69) is 20.9 Å². The third kappa shape index (κ3) is 6.52. The van der Waals surface area contributed by atoms with E-state index in [1.807, 2.05) is 12.1 Å². The Morgan fingerprint density at radius 3 is 2.67 bits per heavy atom. The molecule has 0 fully saturated rings. The molecule has 0 atom stereocenters. The first kappa shape index (κ1) is 20.6. The SMILES string of the molecule is COc1cccc(CNC(=O)NCCNc2ncc(C(F)(F)F)cc2Cl)c1. The number of ether oxygens (including phenoxy) is 1. The van der Waals surface area contributed by atoms with Gasteiger partial charge >= 0.3 is 12.2 Å². The lowest BCUT2D eigenvalue weighted by molar-refractivity contribution is -0.137. The highest BCUT2D eigenvalue weighted by Crippen LogP contribution is 2.32. The molecule has 146 valence electrons. The fourth-order valence-corrected chi connectivity index (χ4v) is 2.34. The minimum Gasteiger partial charge on any atom is -0.497 e. The number of hydrogen-bond acceptors (Lipinski definition) is 4. The Kier molecular flexibility index (Phi) is 7.12. The Hall–Kier alpha value is -2.68. The number of rotatable bonds is 7. The molecule has 27 heavy (non-hydrogen) atoms. The summed E-state index contributed by atoms with van der Waals surface area (Å²) >= 11 is 5.78. The van der Waals surface area contributed by atoms with Crippen LogP contribution in [0.2, 0.25) is 5.02 Å². The molecule has 1 aromatic heterocycles. The number of urea groups is 1. The lowest BCUT2D eigenvalue weighted by atomic mass is 10.2. The summed E-state index contributed by atoms with van der Waals surface area (Å²) in [6.45, 7) is 0.788. The van der Waals surface area contributed by atoms with E-state index in [9.17, 15) is 18.0 Å². The fourth-order valence-electron chi connectivity index (χ4n) is 2.11. The largest absolute Gasteiger partial charge is 0.497 e. The van der Waals surface area contributed by atoms with Gasteiger partial charge in [-0.05, 0) is 23.8 Å². The summed E-state index contributed by atoms with van der Waals surface area (Å²) in [6.07, 6.45) is -3.81. The summed E-state index contributed by atoms with van der Waals surface area (Å²) in [4.78, 5) is 15.4. The number of pyridine rings is 1. The molecule has 6 nitrogen and oxygen atoms in total. The second-order valence-corrected chi connectivity index (χ2v) is 5.85. The van der Waals surface area contributed by atoms with Gasteiger partial charge in [0.05, 0.1) is 17.7 Å². The van der Waals surface area contributed by atoms with E-state index in [1.54, 1.807) is 19.2 Å². The average Bonchev–Trinajstić information content (AvgIpc) is 2.64. The number of carbonyl (C=O) groups is 1. The van der Waals surface area contributed by atoms with E-state index in [-0.39, 0.29) is 30.0 Å². The molecular formula is C17H18ClF3N4O2. The molecule has 3 N–H and O–H groups in total. The minimum atomic E-state index is -4.50. The number of nitrogens with zero attached hydrogens (tertiary/aromatic N) is 1. The second-order valence-electron chi connectivity index (χ2n) is 5.44. The van der Waals surface area contributed by atoms with Crippen LogP contribution in [0.1, 0.15) is 11.1 Å². The molecule has 0 spiro atoms. The number of benzene rings is 1. The molecule has 0 aliphatic heterocycles. The Morgan fingerprint density at radius 1 is 1.22 bits per heavy atom. The van der Waals surface area contributed by atoms with E-state index in [0.29, 0.717) is 18.5 Å². The minimum absolute atomic E-state index is 0.114. The second kappa shape index (κ2) is 9.31. The number of methoxy groups -OCH3 is 1. The zero-order valence-electron chi connectivity index (χ0n) is 14.4. The lowest BCUT2D eigenvalue weighted by Crippen LogP contribution is -2.37. The van der Waals surface area contributed by atoms with Gasteiger partial charge in [-0.2, -0.15) is 13.2 Å². The summed E-state index contributed by atoms with van der Waals surface area (Å²) in [5.74, 6) is 0.808. The first-order chi connectivity index (χ1) is 12.8. The number of amides is 2. The molecular weight excluding hydrogens is 385 g/mol. The van der Waals surface area contributed by atoms with Crippen molar-refractivity contribution < 1.29 is 22.7 Å². The van der Waals surface area contributed by atoms with Gasteiger partial charge in [0.15, 0.2) is 0 Å². The zero-order valence-corrected chi connectivity index (χ0v) is 15.1. The Balaban J connectivity index is 1.72. The van der Waals surface area contributed by atoms with Crippen LogP contribution in [0.25, 0.3) is 0 Å². The van der Waals surface area contributed by atoms with Crippen molar-refractivity contribution in [2.24, 2.45) is 0 Å². The van der Waals surface area contributed by atoms with E-state index in [4.69, 9.17) is 16.3 Å². The zero-order chi connectivity index (χ0) is 19.9. The number of alkyl halides is 3. The number of carbonyl (C=O) groups excluding carboxylic acids is 1. The van der Waals surface area contributed by atoms with Crippen LogP contribution in [0.4, 0.5) is 23.8 Å². The van der Waals surface area contributed by atoms with Crippen molar-refractivity contribution >= 4 is 23.4 Å². The van der Waals surface area contributed by atoms with E-state index in [0.717, 1.165) is 11.6 Å². The number of nitrogens with one attached hydrogen (secondary N) is 3. The molecule has 1 aromatic carbocycles. The van der Waals surface area contributed by atoms with Crippen molar-refractivity contribution in [3.63, 3.8) is 0 Å². The summed E-state index contributed by atoms with van der Waals surface area (Å²) in [5, 5.41) is 7.92. The molecule has 1 heterocycles. The molecule has 2 aromatic rings. The summed E-state index contributed by atoms with van der Waals surface area (Å²) < 4.78 is 42.8. The van der Waals surface area contributed by atoms with Crippen molar-refractivity contribution in [1.82, 2.24) is 15.6 Å². The van der Waals surface area contributed by atoms with E-state index < -0.39 is 11.7 Å². The van der Waals surface area contributed by atoms with Crippen LogP contribution in [0.3, 0.4) is 0 Å². The third-order valence-electron chi connectivity index (χ3n) is 3.46. The normalized spacial score (nSPS) is 11.0. The predicted molar refractivity (Wildman–Crippen MR) is 96.0 cm³/mol. The van der Waals surface area contributed by atoms with Crippen molar-refractivity contribution in [2.45, 2.75) is 12.7 Å². The van der Waals surface area contributed by atoms with Gasteiger partial charge < -0.3 is 20.7 Å². The molecule has 0 aliphatic carbocycles. The molecule has 10 heteroatoms. The number of aromatic nitrogens is 1. The van der Waals surface area contributed by atoms with Crippen LogP contribution in [0.15, 0.2) is 36.5 Å². The highest BCUT2D eigenvalue weighted by atomic mass is 35.5. The van der Waals surface area contributed by atoms with Gasteiger partial charge in [0.1, 0.15) is 11.6 Å². The van der Waals surface area contributed by atoms with Gasteiger partial charge in [-0.1, -0.05) is 23.7 Å². The average molecular weight is 403 g/mol. The maximum absolute atomic E-state index is 12.6. The maximum Gasteiger partial charge on any atom is 0.417 e. The van der Waals surface area contributed by atoms with Gasteiger partial charge in [0.25, 0.3) is 0 Å². The van der Waals surface area contributed by atoms with E-state index >= 15 is 0 Å². The third-order valence-corrected chi connectivity index (χ3v) is 3.75. The monoisotopic (exact) mass is 402 g/mol. The highest BCUT2D eigenvalue weighted by molar-refractivity contribution is 6.32. The molecule has 0 saturated carbocycles. The molecule has 2 rings (SSSR count). The molecule has 0 saturated heterocycles. The van der Waals surface area contributed by atoms with Crippen LogP contribution in [-0.2, 0) is 12.7 Å². The molecule has 2 amide bonds. The van der Waals surface area contributed by atoms with Crippen molar-refractivity contribution in [3.05, 3.63) is 52.7 Å². The van der Waals surface area contributed by atoms with Gasteiger partial charge in [-0.3, -0.25) is 0 Å². The summed E-state index contributed by atoms with van der Waals surface area (Å²) in [5.41, 5.74) is -0.0449. The van der Waals surface area contributed by atoms with Crippen LogP contribution in [-0.4, -0.2) is 31.2 Å². The van der Waals surface area contributed by atoms with Crippen molar-refractivity contribution in [2.75, 3.05) is 25.5 Å². The van der Waals surface area contributed by atoms with Gasteiger partial charge in [-0.25, -0.2) is 9.78 Å².